The Morgan fingerprint density at radius 1 is 1.11 bits per heavy atom. The van der Waals surface area contributed by atoms with Gasteiger partial charge in [0.1, 0.15) is 5.82 Å². The number of nitrogens with one attached hydrogen (secondary N) is 2. The SMILES string of the molecule is CNC(=O)c1ccc(C)c(Nc2nc(Cl)nc3c2cnn3-c2ccccc2)c1. The van der Waals surface area contributed by atoms with E-state index in [0.29, 0.717) is 17.0 Å². The van der Waals surface area contributed by atoms with Crippen LogP contribution in [0.2, 0.25) is 5.28 Å². The number of halogens is 1. The van der Waals surface area contributed by atoms with Crippen molar-refractivity contribution in [1.29, 1.82) is 0 Å². The van der Waals surface area contributed by atoms with Gasteiger partial charge in [0.05, 0.1) is 17.3 Å². The summed E-state index contributed by atoms with van der Waals surface area (Å²) < 4.78 is 1.71. The second-order valence-electron chi connectivity index (χ2n) is 6.20. The number of amides is 1. The lowest BCUT2D eigenvalue weighted by atomic mass is 10.1. The number of fused-ring (bicyclic) bond motifs is 1. The van der Waals surface area contributed by atoms with Gasteiger partial charge in [-0.15, -0.1) is 0 Å². The first kappa shape index (κ1) is 17.9. The second-order valence-corrected chi connectivity index (χ2v) is 6.54. The monoisotopic (exact) mass is 392 g/mol. The van der Waals surface area contributed by atoms with Gasteiger partial charge in [-0.1, -0.05) is 24.3 Å². The lowest BCUT2D eigenvalue weighted by molar-refractivity contribution is 0.0963. The van der Waals surface area contributed by atoms with Crippen LogP contribution in [0.1, 0.15) is 15.9 Å². The molecular formula is C20H17ClN6O. The van der Waals surface area contributed by atoms with E-state index in [9.17, 15) is 4.79 Å². The van der Waals surface area contributed by atoms with E-state index >= 15 is 0 Å². The Bertz CT molecular complexity index is 1170. The number of aromatic nitrogens is 4. The Kier molecular flexibility index (Phi) is 4.67. The molecule has 2 N–H and O–H groups in total. The fourth-order valence-electron chi connectivity index (χ4n) is 2.90. The Morgan fingerprint density at radius 3 is 2.64 bits per heavy atom. The summed E-state index contributed by atoms with van der Waals surface area (Å²) in [6.45, 7) is 1.95. The molecule has 0 unspecified atom stereocenters. The van der Waals surface area contributed by atoms with E-state index in [0.717, 1.165) is 22.3 Å². The van der Waals surface area contributed by atoms with Crippen LogP contribution < -0.4 is 10.6 Å². The van der Waals surface area contributed by atoms with Crippen molar-refractivity contribution in [2.24, 2.45) is 0 Å². The maximum atomic E-state index is 12.0. The molecule has 2 aromatic heterocycles. The van der Waals surface area contributed by atoms with Crippen LogP contribution >= 0.6 is 11.6 Å². The zero-order valence-electron chi connectivity index (χ0n) is 15.3. The fourth-order valence-corrected chi connectivity index (χ4v) is 3.07. The van der Waals surface area contributed by atoms with Gasteiger partial charge in [0.15, 0.2) is 5.65 Å². The average molecular weight is 393 g/mol. The van der Waals surface area contributed by atoms with Gasteiger partial charge in [0, 0.05) is 18.3 Å². The van der Waals surface area contributed by atoms with E-state index in [1.54, 1.807) is 30.1 Å². The number of aryl methyl sites for hydroxylation is 1. The largest absolute Gasteiger partial charge is 0.355 e. The van der Waals surface area contributed by atoms with E-state index in [1.807, 2.05) is 43.3 Å². The van der Waals surface area contributed by atoms with Gasteiger partial charge in [-0.25, -0.2) is 4.68 Å². The standard InChI is InChI=1S/C20H17ClN6O/c1-12-8-9-13(19(28)22-2)10-16(12)24-17-15-11-23-27(14-6-4-3-5-7-14)18(15)26-20(21)25-17/h3-11H,1-2H3,(H,22,28)(H,24,25,26). The highest BCUT2D eigenvalue weighted by molar-refractivity contribution is 6.28. The minimum Gasteiger partial charge on any atom is -0.355 e. The molecule has 1 amide bonds. The highest BCUT2D eigenvalue weighted by atomic mass is 35.5. The molecule has 0 saturated carbocycles. The van der Waals surface area contributed by atoms with Crippen LogP contribution in [0.5, 0.6) is 0 Å². The average Bonchev–Trinajstić information content (AvgIpc) is 3.13. The summed E-state index contributed by atoms with van der Waals surface area (Å²) in [6.07, 6.45) is 1.69. The van der Waals surface area contributed by atoms with Gasteiger partial charge in [0.2, 0.25) is 5.28 Å². The third-order valence-electron chi connectivity index (χ3n) is 4.38. The van der Waals surface area contributed by atoms with E-state index in [1.165, 1.54) is 0 Å². The van der Waals surface area contributed by atoms with Crippen LogP contribution in [0.15, 0.2) is 54.7 Å². The molecule has 0 bridgehead atoms. The molecule has 0 aliphatic heterocycles. The van der Waals surface area contributed by atoms with Crippen molar-refractivity contribution in [2.45, 2.75) is 6.92 Å². The number of hydrogen-bond acceptors (Lipinski definition) is 5. The lowest BCUT2D eigenvalue weighted by Crippen LogP contribution is -2.17. The summed E-state index contributed by atoms with van der Waals surface area (Å²) in [5.41, 5.74) is 3.73. The zero-order chi connectivity index (χ0) is 19.7. The fraction of sp³-hybridized carbons (Fsp3) is 0.100. The highest BCUT2D eigenvalue weighted by Crippen LogP contribution is 2.28. The number of benzene rings is 2. The van der Waals surface area contributed by atoms with E-state index in [4.69, 9.17) is 11.6 Å². The molecule has 140 valence electrons. The van der Waals surface area contributed by atoms with Gasteiger partial charge in [-0.3, -0.25) is 4.79 Å². The van der Waals surface area contributed by atoms with Crippen molar-refractivity contribution in [3.63, 3.8) is 0 Å². The molecule has 2 aromatic carbocycles. The van der Waals surface area contributed by atoms with Crippen LogP contribution in [-0.4, -0.2) is 32.7 Å². The number of nitrogens with zero attached hydrogens (tertiary/aromatic N) is 4. The van der Waals surface area contributed by atoms with E-state index < -0.39 is 0 Å². The number of carbonyl (C=O) groups is 1. The summed E-state index contributed by atoms with van der Waals surface area (Å²) in [7, 11) is 1.60. The number of para-hydroxylation sites is 1. The van der Waals surface area contributed by atoms with E-state index in [2.05, 4.69) is 25.7 Å². The normalized spacial score (nSPS) is 10.8. The maximum Gasteiger partial charge on any atom is 0.251 e. The maximum absolute atomic E-state index is 12.0. The number of hydrogen-bond donors (Lipinski definition) is 2. The molecule has 7 nitrogen and oxygen atoms in total. The Labute approximate surface area is 166 Å². The Balaban J connectivity index is 1.80. The zero-order valence-corrected chi connectivity index (χ0v) is 16.0. The number of carbonyl (C=O) groups excluding carboxylic acids is 1. The molecule has 8 heteroatoms. The summed E-state index contributed by atoms with van der Waals surface area (Å²) in [5, 5.41) is 11.2. The summed E-state index contributed by atoms with van der Waals surface area (Å²) in [4.78, 5) is 20.6. The summed E-state index contributed by atoms with van der Waals surface area (Å²) in [6, 6.07) is 15.1. The van der Waals surface area contributed by atoms with Crippen molar-refractivity contribution in [1.82, 2.24) is 25.1 Å². The predicted octanol–water partition coefficient (Wildman–Crippen LogP) is 3.88. The van der Waals surface area contributed by atoms with Gasteiger partial charge in [0.25, 0.3) is 5.91 Å². The molecule has 0 fully saturated rings. The first-order valence-electron chi connectivity index (χ1n) is 8.63. The van der Waals surface area contributed by atoms with Crippen LogP contribution in [0.3, 0.4) is 0 Å². The molecule has 0 radical (unpaired) electrons. The lowest BCUT2D eigenvalue weighted by Gasteiger charge is -2.12. The smallest absolute Gasteiger partial charge is 0.251 e. The minimum absolute atomic E-state index is 0.104. The van der Waals surface area contributed by atoms with Gasteiger partial charge < -0.3 is 10.6 Å². The van der Waals surface area contributed by atoms with Gasteiger partial charge in [-0.05, 0) is 48.4 Å². The van der Waals surface area contributed by atoms with Gasteiger partial charge >= 0.3 is 0 Å². The van der Waals surface area contributed by atoms with Crippen LogP contribution in [-0.2, 0) is 0 Å². The summed E-state index contributed by atoms with van der Waals surface area (Å²) in [5.74, 6) is 0.361. The molecule has 0 atom stereocenters. The molecule has 0 spiro atoms. The van der Waals surface area contributed by atoms with Crippen LogP contribution in [0, 0.1) is 6.92 Å². The Hall–Kier alpha value is -3.45. The van der Waals surface area contributed by atoms with Crippen molar-refractivity contribution in [2.75, 3.05) is 12.4 Å². The second kappa shape index (κ2) is 7.28. The molecule has 0 aliphatic rings. The van der Waals surface area contributed by atoms with Crippen molar-refractivity contribution in [3.8, 4) is 5.69 Å². The molecule has 4 aromatic rings. The number of anilines is 2. The molecule has 0 aliphatic carbocycles. The Morgan fingerprint density at radius 2 is 1.89 bits per heavy atom. The molecule has 2 heterocycles. The van der Waals surface area contributed by atoms with Crippen molar-refractivity contribution >= 4 is 40.0 Å². The third-order valence-corrected chi connectivity index (χ3v) is 4.55. The number of rotatable bonds is 4. The molecule has 4 rings (SSSR count). The highest BCUT2D eigenvalue weighted by Gasteiger charge is 2.15. The predicted molar refractivity (Wildman–Crippen MR) is 110 cm³/mol. The third kappa shape index (κ3) is 3.27. The van der Waals surface area contributed by atoms with Gasteiger partial charge in [-0.2, -0.15) is 15.1 Å². The first-order chi connectivity index (χ1) is 13.6. The van der Waals surface area contributed by atoms with Crippen molar-refractivity contribution in [3.05, 3.63) is 71.1 Å². The van der Waals surface area contributed by atoms with E-state index in [-0.39, 0.29) is 11.2 Å². The first-order valence-corrected chi connectivity index (χ1v) is 9.01. The summed E-state index contributed by atoms with van der Waals surface area (Å²) >= 11 is 6.18. The van der Waals surface area contributed by atoms with Crippen LogP contribution in [0.25, 0.3) is 16.7 Å². The molecular weight excluding hydrogens is 376 g/mol. The molecule has 28 heavy (non-hydrogen) atoms. The minimum atomic E-state index is -0.161. The molecule has 0 saturated heterocycles. The topological polar surface area (TPSA) is 84.7 Å². The van der Waals surface area contributed by atoms with Crippen LogP contribution in [0.4, 0.5) is 11.5 Å². The quantitative estimate of drug-likeness (QED) is 0.515. The van der Waals surface area contributed by atoms with Crippen molar-refractivity contribution < 1.29 is 4.79 Å².